The van der Waals surface area contributed by atoms with Gasteiger partial charge >= 0.3 is 0 Å². The van der Waals surface area contributed by atoms with Crippen molar-refractivity contribution in [3.05, 3.63) is 0 Å². The molecule has 0 saturated carbocycles. The normalized spacial score (nSPS) is 14.0. The summed E-state index contributed by atoms with van der Waals surface area (Å²) in [6.45, 7) is 12.3. The third-order valence-electron chi connectivity index (χ3n) is 13.3. The first-order valence-corrected chi connectivity index (χ1v) is 27.2. The minimum Gasteiger partial charge on any atom is -1.00 e. The fourth-order valence-corrected chi connectivity index (χ4v) is 8.80. The largest absolute Gasteiger partial charge is 1.00 e. The number of hydrogen-bond acceptors (Lipinski definition) is 4. The fourth-order valence-electron chi connectivity index (χ4n) is 8.80. The van der Waals surface area contributed by atoms with E-state index < -0.39 is 0 Å². The molecule has 4 unspecified atom stereocenters. The van der Waals surface area contributed by atoms with Gasteiger partial charge < -0.3 is 36.6 Å². The number of unbranched alkanes of at least 4 members (excludes halogenated alkanes) is 32. The quantitative estimate of drug-likeness (QED) is 0.0472. The number of aliphatic hydroxyl groups excluding tert-OH is 2. The molecule has 0 bridgehead atoms. The van der Waals surface area contributed by atoms with Crippen LogP contribution in [0.3, 0.4) is 0 Å². The Morgan fingerprint density at radius 3 is 0.750 bits per heavy atom. The van der Waals surface area contributed by atoms with Crippen LogP contribution in [0, 0.1) is 0 Å². The van der Waals surface area contributed by atoms with Crippen molar-refractivity contribution in [3.8, 4) is 0 Å². The summed E-state index contributed by atoms with van der Waals surface area (Å²) < 4.78 is 13.9. The summed E-state index contributed by atoms with van der Waals surface area (Å²) in [5, 5.41) is 22.6. The van der Waals surface area contributed by atoms with Crippen LogP contribution in [0.4, 0.5) is 0 Å². The lowest BCUT2D eigenvalue weighted by Crippen LogP contribution is -3.00. The number of nitrogens with zero attached hydrogens (tertiary/aromatic N) is 1. The maximum absolute atomic E-state index is 11.3. The summed E-state index contributed by atoms with van der Waals surface area (Å²) >= 11 is 0. The number of likely N-dealkylation sites (N-methyl/N-ethyl adjacent to an activating group) is 1. The van der Waals surface area contributed by atoms with Crippen molar-refractivity contribution in [2.24, 2.45) is 0 Å². The molecule has 364 valence electrons. The van der Waals surface area contributed by atoms with E-state index >= 15 is 0 Å². The van der Waals surface area contributed by atoms with Gasteiger partial charge in [0.15, 0.2) is 0 Å². The maximum Gasteiger partial charge on any atom is 0.102 e. The molecule has 0 spiro atoms. The van der Waals surface area contributed by atoms with E-state index in [1.165, 1.54) is 205 Å². The molecule has 0 aromatic heterocycles. The van der Waals surface area contributed by atoms with Crippen molar-refractivity contribution in [2.75, 3.05) is 40.4 Å². The molecule has 6 heteroatoms. The van der Waals surface area contributed by atoms with Crippen LogP contribution in [-0.2, 0) is 9.47 Å². The fraction of sp³-hybridized carbons (Fsp3) is 1.00. The maximum atomic E-state index is 11.3. The summed E-state index contributed by atoms with van der Waals surface area (Å²) in [6.07, 6.45) is 50.4. The highest BCUT2D eigenvalue weighted by Gasteiger charge is 2.24. The van der Waals surface area contributed by atoms with Gasteiger partial charge in [-0.05, 0) is 25.7 Å². The summed E-state index contributed by atoms with van der Waals surface area (Å²) in [6, 6.07) is 0. The van der Waals surface area contributed by atoms with Crippen LogP contribution in [0.2, 0.25) is 0 Å². The van der Waals surface area contributed by atoms with Gasteiger partial charge in [0.1, 0.15) is 13.1 Å². The summed E-state index contributed by atoms with van der Waals surface area (Å²) in [7, 11) is 4.56. The van der Waals surface area contributed by atoms with Gasteiger partial charge in [-0.25, -0.2) is 0 Å². The number of aliphatic hydroxyl groups is 2. The highest BCUT2D eigenvalue weighted by molar-refractivity contribution is 4.72. The van der Waals surface area contributed by atoms with Crippen molar-refractivity contribution in [1.29, 1.82) is 0 Å². The molecule has 0 aliphatic heterocycles. The van der Waals surface area contributed by atoms with Gasteiger partial charge in [-0.2, -0.15) is 0 Å². The number of rotatable bonds is 50. The summed E-state index contributed by atoms with van der Waals surface area (Å²) in [4.78, 5) is 0. The van der Waals surface area contributed by atoms with E-state index in [0.717, 1.165) is 68.9 Å². The van der Waals surface area contributed by atoms with Crippen LogP contribution in [0.5, 0.6) is 0 Å². The molecule has 0 aliphatic carbocycles. The monoisotopic (exact) mass is 874 g/mol. The van der Waals surface area contributed by atoms with Crippen LogP contribution in [0.1, 0.15) is 285 Å². The minimum atomic E-state index is -0.359. The molecule has 0 fully saturated rings. The van der Waals surface area contributed by atoms with E-state index in [1.54, 1.807) is 0 Å². The Hall–Kier alpha value is 0.0900. The van der Waals surface area contributed by atoms with Crippen LogP contribution < -0.4 is 12.4 Å². The van der Waals surface area contributed by atoms with Crippen LogP contribution >= 0.6 is 0 Å². The van der Waals surface area contributed by atoms with E-state index in [0.29, 0.717) is 13.2 Å². The van der Waals surface area contributed by atoms with E-state index in [-0.39, 0.29) is 36.8 Å². The van der Waals surface area contributed by atoms with Gasteiger partial charge in [-0.1, -0.05) is 259 Å². The Morgan fingerprint density at radius 2 is 0.517 bits per heavy atom. The summed E-state index contributed by atoms with van der Waals surface area (Å²) in [5.74, 6) is 0. The molecule has 2 N–H and O–H groups in total. The van der Waals surface area contributed by atoms with Crippen molar-refractivity contribution in [2.45, 2.75) is 309 Å². The van der Waals surface area contributed by atoms with Crippen molar-refractivity contribution >= 4 is 0 Å². The van der Waals surface area contributed by atoms with Gasteiger partial charge in [0.05, 0.1) is 51.7 Å². The molecular formula is C54H112ClNO4. The molecule has 0 aromatic rings. The molecule has 0 saturated heterocycles. The predicted molar refractivity (Wildman–Crippen MR) is 261 cm³/mol. The molecule has 0 heterocycles. The highest BCUT2D eigenvalue weighted by Crippen LogP contribution is 2.21. The smallest absolute Gasteiger partial charge is 0.102 e. The second kappa shape index (κ2) is 48.5. The molecule has 0 amide bonds. The summed E-state index contributed by atoms with van der Waals surface area (Å²) in [5.41, 5.74) is 0. The Kier molecular flexibility index (Phi) is 50.3. The third kappa shape index (κ3) is 43.3. The average Bonchev–Trinajstić information content (AvgIpc) is 3.22. The Balaban J connectivity index is 0. The number of hydrogen-bond donors (Lipinski definition) is 2. The van der Waals surface area contributed by atoms with Crippen LogP contribution in [-0.4, -0.2) is 79.5 Å². The lowest BCUT2D eigenvalue weighted by molar-refractivity contribution is -0.891. The van der Waals surface area contributed by atoms with Crippen molar-refractivity contribution in [1.82, 2.24) is 0 Å². The molecule has 5 nitrogen and oxygen atoms in total. The first-order valence-electron chi connectivity index (χ1n) is 27.2. The van der Waals surface area contributed by atoms with Crippen LogP contribution in [0.25, 0.3) is 0 Å². The predicted octanol–water partition coefficient (Wildman–Crippen LogP) is 13.2. The SMILES string of the molecule is CCCCCCCCCCCCCCC(O)C(CCCCCCCC)OCC[N+](C)(C)CCOC(CCCCCCCC)C(O)CCCCCCCCCCCCCC.[Cl-]. The number of quaternary nitrogens is 1. The van der Waals surface area contributed by atoms with E-state index in [1.807, 2.05) is 0 Å². The number of ether oxygens (including phenoxy) is 2. The standard InChI is InChI=1S/C54H112NO4.ClH/c1-7-11-15-19-23-25-27-29-31-33-35-39-43-51(56)53(45-41-37-21-17-13-9-3)58-49-47-55(5,6)48-50-59-54(46-42-38-22-18-14-10-4)52(57)44-40-36-34-32-30-28-26-24-20-16-12-8-2;/h51-54,56-57H,7-50H2,1-6H3;1H/q+1;/p-1. The highest BCUT2D eigenvalue weighted by atomic mass is 35.5. The van der Waals surface area contributed by atoms with Crippen LogP contribution in [0.15, 0.2) is 0 Å². The minimum absolute atomic E-state index is 0. The Bertz CT molecular complexity index is 738. The Labute approximate surface area is 384 Å². The van der Waals surface area contributed by atoms with E-state index in [4.69, 9.17) is 9.47 Å². The van der Waals surface area contributed by atoms with Crippen molar-refractivity contribution < 1.29 is 36.6 Å². The molecule has 60 heavy (non-hydrogen) atoms. The average molecular weight is 875 g/mol. The molecular weight excluding hydrogens is 762 g/mol. The third-order valence-corrected chi connectivity index (χ3v) is 13.3. The molecule has 0 radical (unpaired) electrons. The lowest BCUT2D eigenvalue weighted by atomic mass is 9.99. The first kappa shape index (κ1) is 62.2. The van der Waals surface area contributed by atoms with Gasteiger partial charge in [-0.15, -0.1) is 0 Å². The lowest BCUT2D eigenvalue weighted by Gasteiger charge is -2.32. The second-order valence-corrected chi connectivity index (χ2v) is 19.8. The van der Waals surface area contributed by atoms with Gasteiger partial charge in [0, 0.05) is 0 Å². The zero-order valence-electron chi connectivity index (χ0n) is 42.0. The first-order chi connectivity index (χ1) is 28.8. The number of halogens is 1. The molecule has 0 aliphatic rings. The van der Waals surface area contributed by atoms with E-state index in [9.17, 15) is 10.2 Å². The van der Waals surface area contributed by atoms with Gasteiger partial charge in [-0.3, -0.25) is 0 Å². The Morgan fingerprint density at radius 1 is 0.317 bits per heavy atom. The van der Waals surface area contributed by atoms with Crippen molar-refractivity contribution in [3.63, 3.8) is 0 Å². The second-order valence-electron chi connectivity index (χ2n) is 19.8. The molecule has 0 aromatic carbocycles. The van der Waals surface area contributed by atoms with E-state index in [2.05, 4.69) is 41.8 Å². The van der Waals surface area contributed by atoms with Gasteiger partial charge in [0.25, 0.3) is 0 Å². The zero-order chi connectivity index (χ0) is 43.3. The molecule has 0 rings (SSSR count). The zero-order valence-corrected chi connectivity index (χ0v) is 42.7. The molecule has 4 atom stereocenters. The topological polar surface area (TPSA) is 58.9 Å². The van der Waals surface area contributed by atoms with Gasteiger partial charge in [0.2, 0.25) is 0 Å².